The van der Waals surface area contributed by atoms with Gasteiger partial charge in [-0.15, -0.1) is 0 Å². The van der Waals surface area contributed by atoms with Crippen molar-refractivity contribution in [1.29, 1.82) is 0 Å². The van der Waals surface area contributed by atoms with Crippen LogP contribution in [0.5, 0.6) is 0 Å². The third-order valence-electron chi connectivity index (χ3n) is 3.98. The number of aryl methyl sites for hydroxylation is 4. The highest BCUT2D eigenvalue weighted by Gasteiger charge is 2.17. The van der Waals surface area contributed by atoms with Crippen molar-refractivity contribution in [2.75, 3.05) is 0 Å². The summed E-state index contributed by atoms with van der Waals surface area (Å²) in [7, 11) is 1.66. The minimum atomic E-state index is -0.953. The molecule has 0 aliphatic heterocycles. The molecule has 0 bridgehead atoms. The zero-order chi connectivity index (χ0) is 17.4. The van der Waals surface area contributed by atoms with E-state index in [0.717, 1.165) is 11.3 Å². The molecule has 0 unspecified atom stereocenters. The minimum absolute atomic E-state index is 0.104. The predicted molar refractivity (Wildman–Crippen MR) is 89.5 cm³/mol. The Morgan fingerprint density at radius 1 is 1.21 bits per heavy atom. The Morgan fingerprint density at radius 2 is 1.88 bits per heavy atom. The van der Waals surface area contributed by atoms with E-state index in [0.29, 0.717) is 16.9 Å². The summed E-state index contributed by atoms with van der Waals surface area (Å²) in [6.45, 7) is 3.83. The number of aromatic nitrogens is 4. The van der Waals surface area contributed by atoms with Crippen molar-refractivity contribution in [2.24, 2.45) is 7.05 Å². The van der Waals surface area contributed by atoms with Gasteiger partial charge in [-0.3, -0.25) is 14.2 Å². The quantitative estimate of drug-likeness (QED) is 0.789. The second-order valence-electron chi connectivity index (χ2n) is 5.82. The van der Waals surface area contributed by atoms with E-state index in [-0.39, 0.29) is 24.1 Å². The highest BCUT2D eigenvalue weighted by Crippen LogP contribution is 2.19. The molecule has 2 heterocycles. The number of rotatable bonds is 4. The van der Waals surface area contributed by atoms with Crippen LogP contribution in [0, 0.1) is 13.8 Å². The second kappa shape index (κ2) is 5.92. The van der Waals surface area contributed by atoms with Crippen molar-refractivity contribution < 1.29 is 9.90 Å². The molecule has 0 saturated heterocycles. The molecule has 24 heavy (non-hydrogen) atoms. The van der Waals surface area contributed by atoms with Gasteiger partial charge in [-0.05, 0) is 26.0 Å². The summed E-state index contributed by atoms with van der Waals surface area (Å²) in [4.78, 5) is 27.7. The van der Waals surface area contributed by atoms with Crippen LogP contribution in [-0.2, 0) is 18.3 Å². The van der Waals surface area contributed by atoms with Gasteiger partial charge in [-0.25, -0.2) is 9.67 Å². The van der Waals surface area contributed by atoms with E-state index in [1.54, 1.807) is 11.7 Å². The van der Waals surface area contributed by atoms with Crippen LogP contribution in [0.15, 0.2) is 29.1 Å². The summed E-state index contributed by atoms with van der Waals surface area (Å²) in [5.41, 5.74) is 3.83. The number of fused-ring (bicyclic) bond motifs is 1. The smallest absolute Gasteiger partial charge is 0.303 e. The molecule has 3 aromatic rings. The highest BCUT2D eigenvalue weighted by molar-refractivity contribution is 5.76. The molecule has 3 rings (SSSR count). The highest BCUT2D eigenvalue weighted by atomic mass is 16.4. The molecule has 7 nitrogen and oxygen atoms in total. The summed E-state index contributed by atoms with van der Waals surface area (Å²) in [5.74, 6) is -0.953. The SMILES string of the molecule is Cc1ccc(-n2nc(C)c3nc(CCC(=O)O)c(=O)n(C)c32)cc1. The number of carboxylic acids is 1. The van der Waals surface area contributed by atoms with Crippen molar-refractivity contribution in [3.63, 3.8) is 0 Å². The lowest BCUT2D eigenvalue weighted by atomic mass is 10.2. The molecule has 0 aliphatic rings. The van der Waals surface area contributed by atoms with Gasteiger partial charge in [-0.2, -0.15) is 5.10 Å². The third-order valence-corrected chi connectivity index (χ3v) is 3.98. The van der Waals surface area contributed by atoms with Crippen LogP contribution >= 0.6 is 0 Å². The summed E-state index contributed by atoms with van der Waals surface area (Å²) in [6.07, 6.45) is -0.0218. The number of benzene rings is 1. The zero-order valence-corrected chi connectivity index (χ0v) is 13.8. The van der Waals surface area contributed by atoms with Gasteiger partial charge < -0.3 is 5.11 Å². The number of hydrogen-bond donors (Lipinski definition) is 1. The minimum Gasteiger partial charge on any atom is -0.481 e. The number of aliphatic carboxylic acids is 1. The van der Waals surface area contributed by atoms with Gasteiger partial charge in [0.2, 0.25) is 0 Å². The van der Waals surface area contributed by atoms with E-state index in [2.05, 4.69) is 10.1 Å². The molecule has 0 amide bonds. The lowest BCUT2D eigenvalue weighted by Gasteiger charge is -2.08. The summed E-state index contributed by atoms with van der Waals surface area (Å²) >= 11 is 0. The standard InChI is InChI=1S/C17H18N4O3/c1-10-4-6-12(7-5-10)21-16-15(11(2)19-21)18-13(8-9-14(22)23)17(24)20(16)3/h4-7H,8-9H2,1-3H3,(H,22,23). The number of nitrogens with zero attached hydrogens (tertiary/aromatic N) is 4. The maximum absolute atomic E-state index is 12.5. The van der Waals surface area contributed by atoms with Crippen LogP contribution in [0.1, 0.15) is 23.4 Å². The Bertz CT molecular complexity index is 984. The lowest BCUT2D eigenvalue weighted by Crippen LogP contribution is -2.25. The average molecular weight is 326 g/mol. The Kier molecular flexibility index (Phi) is 3.92. The van der Waals surface area contributed by atoms with Crippen molar-refractivity contribution in [2.45, 2.75) is 26.7 Å². The monoisotopic (exact) mass is 326 g/mol. The molecular formula is C17H18N4O3. The maximum Gasteiger partial charge on any atom is 0.303 e. The fourth-order valence-electron chi connectivity index (χ4n) is 2.67. The molecule has 0 atom stereocenters. The summed E-state index contributed by atoms with van der Waals surface area (Å²) in [5, 5.41) is 13.3. The van der Waals surface area contributed by atoms with Gasteiger partial charge in [0.05, 0.1) is 17.8 Å². The molecule has 0 radical (unpaired) electrons. The fraction of sp³-hybridized carbons (Fsp3) is 0.294. The Hall–Kier alpha value is -2.96. The number of carbonyl (C=O) groups is 1. The van der Waals surface area contributed by atoms with Crippen molar-refractivity contribution in [3.8, 4) is 5.69 Å². The molecule has 124 valence electrons. The average Bonchev–Trinajstić information content (AvgIpc) is 2.87. The maximum atomic E-state index is 12.5. The van der Waals surface area contributed by atoms with E-state index in [9.17, 15) is 9.59 Å². The van der Waals surface area contributed by atoms with Crippen LogP contribution in [-0.4, -0.2) is 30.4 Å². The van der Waals surface area contributed by atoms with Crippen LogP contribution in [0.3, 0.4) is 0 Å². The Labute approximate surface area is 138 Å². The molecule has 1 aromatic carbocycles. The number of hydrogen-bond acceptors (Lipinski definition) is 4. The molecule has 0 spiro atoms. The Morgan fingerprint density at radius 3 is 2.50 bits per heavy atom. The van der Waals surface area contributed by atoms with Crippen LogP contribution < -0.4 is 5.56 Å². The first kappa shape index (κ1) is 15.9. The van der Waals surface area contributed by atoms with Crippen LogP contribution in [0.2, 0.25) is 0 Å². The third kappa shape index (κ3) is 2.68. The first-order valence-electron chi connectivity index (χ1n) is 7.62. The molecule has 1 N–H and O–H groups in total. The predicted octanol–water partition coefficient (Wildman–Crippen LogP) is 1.75. The van der Waals surface area contributed by atoms with Crippen LogP contribution in [0.25, 0.3) is 16.9 Å². The zero-order valence-electron chi connectivity index (χ0n) is 13.8. The largest absolute Gasteiger partial charge is 0.481 e. The lowest BCUT2D eigenvalue weighted by molar-refractivity contribution is -0.136. The van der Waals surface area contributed by atoms with Crippen LogP contribution in [0.4, 0.5) is 0 Å². The fourth-order valence-corrected chi connectivity index (χ4v) is 2.67. The first-order chi connectivity index (χ1) is 11.4. The van der Waals surface area contributed by atoms with Crippen molar-refractivity contribution in [1.82, 2.24) is 19.3 Å². The van der Waals surface area contributed by atoms with Gasteiger partial charge >= 0.3 is 5.97 Å². The van der Waals surface area contributed by atoms with Crippen molar-refractivity contribution >= 4 is 17.1 Å². The molecule has 0 saturated carbocycles. The first-order valence-corrected chi connectivity index (χ1v) is 7.62. The van der Waals surface area contributed by atoms with E-state index >= 15 is 0 Å². The molecule has 0 fully saturated rings. The van der Waals surface area contributed by atoms with Gasteiger partial charge in [0.1, 0.15) is 11.2 Å². The Balaban J connectivity index is 2.21. The van der Waals surface area contributed by atoms with E-state index < -0.39 is 5.97 Å². The van der Waals surface area contributed by atoms with Gasteiger partial charge in [0.15, 0.2) is 5.65 Å². The van der Waals surface area contributed by atoms with E-state index in [1.165, 1.54) is 4.57 Å². The van der Waals surface area contributed by atoms with Gasteiger partial charge in [0.25, 0.3) is 5.56 Å². The van der Waals surface area contributed by atoms with Gasteiger partial charge in [-0.1, -0.05) is 17.7 Å². The summed E-state index contributed by atoms with van der Waals surface area (Å²) < 4.78 is 3.18. The summed E-state index contributed by atoms with van der Waals surface area (Å²) in [6, 6.07) is 7.82. The second-order valence-corrected chi connectivity index (χ2v) is 5.82. The van der Waals surface area contributed by atoms with E-state index in [4.69, 9.17) is 5.11 Å². The molecule has 2 aromatic heterocycles. The van der Waals surface area contributed by atoms with E-state index in [1.807, 2.05) is 38.1 Å². The van der Waals surface area contributed by atoms with Gasteiger partial charge in [0, 0.05) is 13.5 Å². The molecule has 7 heteroatoms. The number of carboxylic acid groups (broad SMARTS) is 1. The topological polar surface area (TPSA) is 90.0 Å². The van der Waals surface area contributed by atoms with Crippen molar-refractivity contribution in [3.05, 3.63) is 51.6 Å². The molecular weight excluding hydrogens is 308 g/mol. The normalized spacial score (nSPS) is 11.1. The molecule has 0 aliphatic carbocycles.